The van der Waals surface area contributed by atoms with E-state index in [9.17, 15) is 14.4 Å². The van der Waals surface area contributed by atoms with E-state index in [1.165, 1.54) is 4.90 Å². The van der Waals surface area contributed by atoms with E-state index >= 15 is 0 Å². The highest BCUT2D eigenvalue weighted by Crippen LogP contribution is 2.05. The highest BCUT2D eigenvalue weighted by atomic mass is 16.2. The van der Waals surface area contributed by atoms with Crippen LogP contribution in [0.1, 0.15) is 12.8 Å². The number of hydrogen-bond donors (Lipinski definition) is 2. The number of imide groups is 1. The van der Waals surface area contributed by atoms with Gasteiger partial charge in [-0.05, 0) is 12.5 Å². The molecule has 108 valence electrons. The van der Waals surface area contributed by atoms with Crippen molar-refractivity contribution in [3.63, 3.8) is 0 Å². The number of carbonyl (C=O) groups excluding carboxylic acids is 3. The maximum atomic E-state index is 12.2. The molecule has 0 aliphatic carbocycles. The first kappa shape index (κ1) is 14.0. The summed E-state index contributed by atoms with van der Waals surface area (Å²) in [6.45, 7) is 1.06. The molecule has 0 spiro atoms. The summed E-state index contributed by atoms with van der Waals surface area (Å²) in [5.41, 5.74) is 0. The summed E-state index contributed by atoms with van der Waals surface area (Å²) in [6, 6.07) is 0.528. The average Bonchev–Trinajstić information content (AvgIpc) is 2.87. The lowest BCUT2D eigenvalue weighted by molar-refractivity contribution is -0.132. The van der Waals surface area contributed by atoms with Crippen molar-refractivity contribution >= 4 is 17.8 Å². The van der Waals surface area contributed by atoms with Crippen LogP contribution in [0.5, 0.6) is 0 Å². The van der Waals surface area contributed by atoms with Crippen molar-refractivity contribution in [1.29, 1.82) is 0 Å². The number of urea groups is 1. The van der Waals surface area contributed by atoms with Crippen molar-refractivity contribution in [3.05, 3.63) is 18.5 Å². The van der Waals surface area contributed by atoms with E-state index in [1.807, 2.05) is 12.3 Å². The molecule has 1 aliphatic heterocycles. The van der Waals surface area contributed by atoms with Gasteiger partial charge in [0.2, 0.25) is 11.8 Å². The van der Waals surface area contributed by atoms with Crippen LogP contribution in [0.3, 0.4) is 0 Å². The summed E-state index contributed by atoms with van der Waals surface area (Å²) in [5.74, 6) is -0.570. The molecule has 0 bridgehead atoms. The van der Waals surface area contributed by atoms with Crippen molar-refractivity contribution in [3.8, 4) is 0 Å². The van der Waals surface area contributed by atoms with Gasteiger partial charge in [-0.15, -0.1) is 0 Å². The number of amides is 4. The Morgan fingerprint density at radius 1 is 1.55 bits per heavy atom. The summed E-state index contributed by atoms with van der Waals surface area (Å²) in [4.78, 5) is 36.3. The molecule has 8 nitrogen and oxygen atoms in total. The Hall–Kier alpha value is -2.38. The van der Waals surface area contributed by atoms with E-state index in [1.54, 1.807) is 17.9 Å². The van der Waals surface area contributed by atoms with E-state index in [-0.39, 0.29) is 18.2 Å². The smallest absolute Gasteiger partial charge is 0.322 e. The van der Waals surface area contributed by atoms with Crippen molar-refractivity contribution < 1.29 is 14.4 Å². The molecule has 4 amide bonds. The standard InChI is InChI=1S/C12H17N5O3/c1-16(7-8-17-6-2-5-13-17)11(19)9-3-4-10(18)15-12(20)14-9/h2,5-6,9H,3-4,7-8H2,1H3,(H2,14,15,18,20)/t9-/m1/s1. The maximum Gasteiger partial charge on any atom is 0.322 e. The first-order chi connectivity index (χ1) is 9.56. The van der Waals surface area contributed by atoms with E-state index in [0.717, 1.165) is 0 Å². The fourth-order valence-electron chi connectivity index (χ4n) is 1.98. The maximum absolute atomic E-state index is 12.2. The van der Waals surface area contributed by atoms with Crippen molar-refractivity contribution in [2.45, 2.75) is 25.4 Å². The molecular weight excluding hydrogens is 262 g/mol. The Kier molecular flexibility index (Phi) is 4.34. The van der Waals surface area contributed by atoms with Gasteiger partial charge < -0.3 is 10.2 Å². The molecule has 20 heavy (non-hydrogen) atoms. The Morgan fingerprint density at radius 2 is 2.35 bits per heavy atom. The molecule has 2 N–H and O–H groups in total. The fourth-order valence-corrected chi connectivity index (χ4v) is 1.98. The number of nitrogens with zero attached hydrogens (tertiary/aromatic N) is 3. The third-order valence-corrected chi connectivity index (χ3v) is 3.12. The van der Waals surface area contributed by atoms with Crippen LogP contribution in [0.2, 0.25) is 0 Å². The lowest BCUT2D eigenvalue weighted by Crippen LogP contribution is -2.49. The Balaban J connectivity index is 1.88. The van der Waals surface area contributed by atoms with Gasteiger partial charge in [0.05, 0.1) is 6.54 Å². The SMILES string of the molecule is CN(CCn1cccn1)C(=O)[C@H]1CCC(=O)NC(=O)N1. The monoisotopic (exact) mass is 279 g/mol. The predicted octanol–water partition coefficient (Wildman–Crippen LogP) is -0.670. The number of likely N-dealkylation sites (N-methyl/N-ethyl adjacent to an activating group) is 1. The summed E-state index contributed by atoms with van der Waals surface area (Å²) in [5, 5.41) is 8.70. The number of nitrogens with one attached hydrogen (secondary N) is 2. The van der Waals surface area contributed by atoms with Crippen LogP contribution < -0.4 is 10.6 Å². The van der Waals surface area contributed by atoms with Crippen LogP contribution in [0.25, 0.3) is 0 Å². The second-order valence-electron chi connectivity index (χ2n) is 4.64. The average molecular weight is 279 g/mol. The largest absolute Gasteiger partial charge is 0.342 e. The normalized spacial score (nSPS) is 18.9. The number of rotatable bonds is 4. The molecule has 1 saturated heterocycles. The molecule has 0 radical (unpaired) electrons. The van der Waals surface area contributed by atoms with E-state index in [0.29, 0.717) is 19.5 Å². The van der Waals surface area contributed by atoms with Gasteiger partial charge in [-0.2, -0.15) is 5.10 Å². The molecule has 1 fully saturated rings. The van der Waals surface area contributed by atoms with E-state index in [2.05, 4.69) is 15.7 Å². The molecule has 1 aromatic heterocycles. The molecule has 0 aromatic carbocycles. The van der Waals surface area contributed by atoms with Crippen LogP contribution in [-0.2, 0) is 16.1 Å². The van der Waals surface area contributed by atoms with Gasteiger partial charge >= 0.3 is 6.03 Å². The summed E-state index contributed by atoms with van der Waals surface area (Å²) >= 11 is 0. The highest BCUT2D eigenvalue weighted by molar-refractivity contribution is 5.98. The topological polar surface area (TPSA) is 96.3 Å². The minimum Gasteiger partial charge on any atom is -0.342 e. The molecule has 0 saturated carbocycles. The van der Waals surface area contributed by atoms with Gasteiger partial charge in [-0.25, -0.2) is 4.79 Å². The van der Waals surface area contributed by atoms with Crippen LogP contribution >= 0.6 is 0 Å². The zero-order chi connectivity index (χ0) is 14.5. The van der Waals surface area contributed by atoms with Crippen LogP contribution in [-0.4, -0.2) is 52.2 Å². The molecular formula is C12H17N5O3. The fraction of sp³-hybridized carbons (Fsp3) is 0.500. The van der Waals surface area contributed by atoms with Crippen molar-refractivity contribution in [2.75, 3.05) is 13.6 Å². The lowest BCUT2D eigenvalue weighted by Gasteiger charge is -2.22. The summed E-state index contributed by atoms with van der Waals surface area (Å²) in [7, 11) is 1.66. The van der Waals surface area contributed by atoms with Gasteiger partial charge in [0.15, 0.2) is 0 Å². The van der Waals surface area contributed by atoms with Crippen LogP contribution in [0, 0.1) is 0 Å². The number of aromatic nitrogens is 2. The molecule has 0 unspecified atom stereocenters. The first-order valence-electron chi connectivity index (χ1n) is 6.39. The minimum absolute atomic E-state index is 0.155. The first-order valence-corrected chi connectivity index (χ1v) is 6.39. The Bertz CT molecular complexity index is 499. The second kappa shape index (κ2) is 6.18. The Labute approximate surface area is 116 Å². The van der Waals surface area contributed by atoms with Crippen LogP contribution in [0.4, 0.5) is 4.79 Å². The lowest BCUT2D eigenvalue weighted by atomic mass is 10.1. The Morgan fingerprint density at radius 3 is 3.05 bits per heavy atom. The van der Waals surface area contributed by atoms with Gasteiger partial charge in [0.25, 0.3) is 0 Å². The number of hydrogen-bond acceptors (Lipinski definition) is 4. The third kappa shape index (κ3) is 3.56. The second-order valence-corrected chi connectivity index (χ2v) is 4.64. The molecule has 1 aliphatic rings. The number of carbonyl (C=O) groups is 3. The summed E-state index contributed by atoms with van der Waals surface area (Å²) < 4.78 is 1.72. The molecule has 2 heterocycles. The quantitative estimate of drug-likeness (QED) is 0.764. The van der Waals surface area contributed by atoms with E-state index < -0.39 is 12.1 Å². The summed E-state index contributed by atoms with van der Waals surface area (Å²) in [6.07, 6.45) is 3.95. The van der Waals surface area contributed by atoms with Gasteiger partial charge in [-0.1, -0.05) is 0 Å². The van der Waals surface area contributed by atoms with Gasteiger partial charge in [0, 0.05) is 32.4 Å². The van der Waals surface area contributed by atoms with Crippen molar-refractivity contribution in [2.24, 2.45) is 0 Å². The van der Waals surface area contributed by atoms with E-state index in [4.69, 9.17) is 0 Å². The van der Waals surface area contributed by atoms with Gasteiger partial charge in [-0.3, -0.25) is 19.6 Å². The predicted molar refractivity (Wildman–Crippen MR) is 69.6 cm³/mol. The zero-order valence-corrected chi connectivity index (χ0v) is 11.2. The van der Waals surface area contributed by atoms with Crippen molar-refractivity contribution in [1.82, 2.24) is 25.3 Å². The molecule has 1 aromatic rings. The highest BCUT2D eigenvalue weighted by Gasteiger charge is 2.27. The minimum atomic E-state index is -0.663. The zero-order valence-electron chi connectivity index (χ0n) is 11.2. The molecule has 2 rings (SSSR count). The molecule has 8 heteroatoms. The third-order valence-electron chi connectivity index (χ3n) is 3.12. The van der Waals surface area contributed by atoms with Crippen LogP contribution in [0.15, 0.2) is 18.5 Å². The molecule has 1 atom stereocenters. The van der Waals surface area contributed by atoms with Gasteiger partial charge in [0.1, 0.15) is 6.04 Å².